The molecule has 6 heteroatoms. The van der Waals surface area contributed by atoms with Crippen LogP contribution in [0.4, 0.5) is 0 Å². The fourth-order valence-electron chi connectivity index (χ4n) is 4.06. The molecule has 2 aromatic heterocycles. The predicted octanol–water partition coefficient (Wildman–Crippen LogP) is 5.08. The van der Waals surface area contributed by atoms with Crippen molar-refractivity contribution in [1.29, 1.82) is 0 Å². The summed E-state index contributed by atoms with van der Waals surface area (Å²) in [6.07, 6.45) is 0.0977. The Balaban J connectivity index is 1.56. The second kappa shape index (κ2) is 10.00. The summed E-state index contributed by atoms with van der Waals surface area (Å²) in [5.41, 5.74) is 5.40. The number of H-pyrrole nitrogens is 1. The highest BCUT2D eigenvalue weighted by Crippen LogP contribution is 2.31. The van der Waals surface area contributed by atoms with Crippen LogP contribution in [-0.2, 0) is 13.0 Å². The van der Waals surface area contributed by atoms with Crippen molar-refractivity contribution >= 4 is 21.6 Å². The van der Waals surface area contributed by atoms with Crippen molar-refractivity contribution in [2.24, 2.45) is 0 Å². The molecule has 2 N–H and O–H groups in total. The smallest absolute Gasteiger partial charge is 0.260 e. The zero-order chi connectivity index (χ0) is 23.5. The van der Waals surface area contributed by atoms with Crippen LogP contribution in [0.5, 0.6) is 0 Å². The monoisotopic (exact) mass is 461 g/mol. The normalized spacial score (nSPS) is 12.7. The Morgan fingerprint density at radius 1 is 1.09 bits per heavy atom. The molecule has 0 saturated carbocycles. The van der Waals surface area contributed by atoms with Crippen LogP contribution in [0.15, 0.2) is 58.7 Å². The van der Waals surface area contributed by atoms with E-state index in [1.165, 1.54) is 22.5 Å². The van der Waals surface area contributed by atoms with E-state index in [-0.39, 0.29) is 11.6 Å². The zero-order valence-corrected chi connectivity index (χ0v) is 20.4. The van der Waals surface area contributed by atoms with E-state index in [1.807, 2.05) is 35.7 Å². The Morgan fingerprint density at radius 3 is 2.55 bits per heavy atom. The largest absolute Gasteiger partial charge is 0.391 e. The average molecular weight is 462 g/mol. The quantitative estimate of drug-likeness (QED) is 0.384. The summed E-state index contributed by atoms with van der Waals surface area (Å²) in [5.74, 6) is 0.626. The Labute approximate surface area is 198 Å². The van der Waals surface area contributed by atoms with Gasteiger partial charge in [0.05, 0.1) is 18.0 Å². The van der Waals surface area contributed by atoms with E-state index < -0.39 is 6.10 Å². The third-order valence-electron chi connectivity index (χ3n) is 6.15. The van der Waals surface area contributed by atoms with Crippen molar-refractivity contribution in [1.82, 2.24) is 14.9 Å². The number of nitrogens with one attached hydrogen (secondary N) is 1. The van der Waals surface area contributed by atoms with E-state index in [0.29, 0.717) is 30.7 Å². The summed E-state index contributed by atoms with van der Waals surface area (Å²) in [5, 5.41) is 13.3. The molecule has 0 radical (unpaired) electrons. The van der Waals surface area contributed by atoms with Crippen LogP contribution in [0, 0.1) is 13.8 Å². The maximum atomic E-state index is 13.1. The Bertz CT molecular complexity index is 1290. The van der Waals surface area contributed by atoms with E-state index in [9.17, 15) is 9.90 Å². The molecule has 0 saturated heterocycles. The molecule has 4 aromatic rings. The first-order valence-corrected chi connectivity index (χ1v) is 12.2. The topological polar surface area (TPSA) is 69.2 Å². The van der Waals surface area contributed by atoms with E-state index >= 15 is 0 Å². The molecule has 33 heavy (non-hydrogen) atoms. The molecule has 0 aliphatic carbocycles. The molecule has 0 unspecified atom stereocenters. The maximum Gasteiger partial charge on any atom is 0.260 e. The third kappa shape index (κ3) is 5.41. The minimum absolute atomic E-state index is 0.113. The van der Waals surface area contributed by atoms with Crippen LogP contribution < -0.4 is 5.56 Å². The number of aryl methyl sites for hydroxylation is 2. The molecule has 0 amide bonds. The van der Waals surface area contributed by atoms with Crippen LogP contribution >= 0.6 is 11.3 Å². The van der Waals surface area contributed by atoms with Crippen molar-refractivity contribution in [3.63, 3.8) is 0 Å². The average Bonchev–Trinajstić information content (AvgIpc) is 3.20. The minimum Gasteiger partial charge on any atom is -0.391 e. The van der Waals surface area contributed by atoms with Crippen molar-refractivity contribution < 1.29 is 5.11 Å². The molecule has 1 atom stereocenters. The zero-order valence-electron chi connectivity index (χ0n) is 19.6. The molecule has 0 bridgehead atoms. The van der Waals surface area contributed by atoms with Crippen LogP contribution in [-0.4, -0.2) is 38.7 Å². The molecule has 0 aliphatic heterocycles. The van der Waals surface area contributed by atoms with Gasteiger partial charge in [0.1, 0.15) is 10.7 Å². The van der Waals surface area contributed by atoms with Gasteiger partial charge in [-0.25, -0.2) is 4.98 Å². The number of hydrogen-bond donors (Lipinski definition) is 2. The Hall–Kier alpha value is -2.80. The fraction of sp³-hybridized carbons (Fsp3) is 0.333. The van der Waals surface area contributed by atoms with Gasteiger partial charge in [-0.1, -0.05) is 48.5 Å². The van der Waals surface area contributed by atoms with Crippen LogP contribution in [0.3, 0.4) is 0 Å². The van der Waals surface area contributed by atoms with Crippen LogP contribution in [0.25, 0.3) is 21.3 Å². The van der Waals surface area contributed by atoms with Crippen molar-refractivity contribution in [2.45, 2.75) is 52.8 Å². The first-order chi connectivity index (χ1) is 15.8. The summed E-state index contributed by atoms with van der Waals surface area (Å²) in [6.45, 7) is 9.34. The number of rotatable bonds is 8. The summed E-state index contributed by atoms with van der Waals surface area (Å²) in [4.78, 5) is 23.7. The lowest BCUT2D eigenvalue weighted by atomic mass is 10.0. The number of aliphatic hydroxyl groups excluding tert-OH is 1. The van der Waals surface area contributed by atoms with Gasteiger partial charge < -0.3 is 10.1 Å². The predicted molar refractivity (Wildman–Crippen MR) is 137 cm³/mol. The molecule has 0 aliphatic rings. The lowest BCUT2D eigenvalue weighted by Gasteiger charge is -2.28. The van der Waals surface area contributed by atoms with Gasteiger partial charge in [0, 0.05) is 23.5 Å². The van der Waals surface area contributed by atoms with Gasteiger partial charge in [0.15, 0.2) is 0 Å². The Morgan fingerprint density at radius 2 is 1.85 bits per heavy atom. The van der Waals surface area contributed by atoms with Gasteiger partial charge in [0.25, 0.3) is 5.56 Å². The first kappa shape index (κ1) is 23.4. The molecular weight excluding hydrogens is 430 g/mol. The summed E-state index contributed by atoms with van der Waals surface area (Å²) in [7, 11) is 0. The standard InChI is InChI=1S/C27H31N3O2S/c1-17(2)30(14-22(31)13-20-8-6-5-7-9-20)15-24-28-26(32)25-23(16-33-27(25)29-24)21-11-10-18(3)19(4)12-21/h5-12,16-17,22,31H,13-15H2,1-4H3,(H,28,29,32)/t22-/m0/s1. The second-order valence-electron chi connectivity index (χ2n) is 9.01. The molecular formula is C27H31N3O2S. The molecule has 5 nitrogen and oxygen atoms in total. The number of fused-ring (bicyclic) bond motifs is 1. The summed E-state index contributed by atoms with van der Waals surface area (Å²) < 4.78 is 0. The molecule has 4 rings (SSSR count). The van der Waals surface area contributed by atoms with Gasteiger partial charge in [-0.05, 0) is 56.4 Å². The highest BCUT2D eigenvalue weighted by Gasteiger charge is 2.19. The number of aliphatic hydroxyl groups is 1. The highest BCUT2D eigenvalue weighted by molar-refractivity contribution is 7.17. The summed E-state index contributed by atoms with van der Waals surface area (Å²) >= 11 is 1.50. The highest BCUT2D eigenvalue weighted by atomic mass is 32.1. The van der Waals surface area contributed by atoms with E-state index in [0.717, 1.165) is 21.5 Å². The number of aromatic amines is 1. The number of nitrogens with zero attached hydrogens (tertiary/aromatic N) is 2. The first-order valence-electron chi connectivity index (χ1n) is 11.4. The van der Waals surface area contributed by atoms with Gasteiger partial charge in [0.2, 0.25) is 0 Å². The van der Waals surface area contributed by atoms with Gasteiger partial charge in [-0.2, -0.15) is 0 Å². The Kier molecular flexibility index (Phi) is 7.08. The van der Waals surface area contributed by atoms with Gasteiger partial charge in [-0.15, -0.1) is 11.3 Å². The molecule has 172 valence electrons. The number of benzene rings is 2. The number of hydrogen-bond acceptors (Lipinski definition) is 5. The SMILES string of the molecule is Cc1ccc(-c2csc3nc(CN(C[C@@H](O)Cc4ccccc4)C(C)C)[nH]c(=O)c23)cc1C. The van der Waals surface area contributed by atoms with E-state index in [1.54, 1.807) is 0 Å². The van der Waals surface area contributed by atoms with Gasteiger partial charge in [-0.3, -0.25) is 9.69 Å². The van der Waals surface area contributed by atoms with Crippen LogP contribution in [0.1, 0.15) is 36.4 Å². The second-order valence-corrected chi connectivity index (χ2v) is 9.87. The van der Waals surface area contributed by atoms with E-state index in [2.05, 4.69) is 55.8 Å². The number of thiophene rings is 1. The maximum absolute atomic E-state index is 13.1. The number of aromatic nitrogens is 2. The fourth-order valence-corrected chi connectivity index (χ4v) is 5.03. The summed E-state index contributed by atoms with van der Waals surface area (Å²) in [6, 6.07) is 16.5. The lowest BCUT2D eigenvalue weighted by Crippen LogP contribution is -2.38. The third-order valence-corrected chi connectivity index (χ3v) is 7.03. The lowest BCUT2D eigenvalue weighted by molar-refractivity contribution is 0.0892. The van der Waals surface area contributed by atoms with E-state index in [4.69, 9.17) is 4.98 Å². The minimum atomic E-state index is -0.497. The van der Waals surface area contributed by atoms with Crippen LogP contribution in [0.2, 0.25) is 0 Å². The molecule has 0 spiro atoms. The van der Waals surface area contributed by atoms with Gasteiger partial charge >= 0.3 is 0 Å². The van der Waals surface area contributed by atoms with Crippen molar-refractivity contribution in [3.05, 3.63) is 86.8 Å². The van der Waals surface area contributed by atoms with Crippen molar-refractivity contribution in [3.8, 4) is 11.1 Å². The molecule has 2 heterocycles. The molecule has 0 fully saturated rings. The van der Waals surface area contributed by atoms with Crippen molar-refractivity contribution in [2.75, 3.05) is 6.54 Å². The molecule has 2 aromatic carbocycles.